The molecule has 1 fully saturated rings. The van der Waals surface area contributed by atoms with Gasteiger partial charge in [0, 0.05) is 17.3 Å². The third-order valence-corrected chi connectivity index (χ3v) is 4.96. The normalized spacial score (nSPS) is 23.9. The maximum atomic E-state index is 12.5. The predicted octanol–water partition coefficient (Wildman–Crippen LogP) is 2.54. The van der Waals surface area contributed by atoms with Crippen LogP contribution in [-0.2, 0) is 16.1 Å². The number of nitrogens with one attached hydrogen (secondary N) is 1. The van der Waals surface area contributed by atoms with Crippen molar-refractivity contribution in [3.05, 3.63) is 22.4 Å². The van der Waals surface area contributed by atoms with E-state index in [1.165, 1.54) is 0 Å². The summed E-state index contributed by atoms with van der Waals surface area (Å²) in [6.07, 6.45) is 1.94. The van der Waals surface area contributed by atoms with Gasteiger partial charge in [-0.1, -0.05) is 13.0 Å². The van der Waals surface area contributed by atoms with Crippen LogP contribution >= 0.6 is 11.3 Å². The van der Waals surface area contributed by atoms with E-state index in [4.69, 9.17) is 0 Å². The Bertz CT molecular complexity index is 486. The lowest BCUT2D eigenvalue weighted by molar-refractivity contribution is -0.141. The smallest absolute Gasteiger partial charge is 0.245 e. The van der Waals surface area contributed by atoms with Crippen LogP contribution in [0.5, 0.6) is 0 Å². The molecule has 4 nitrogen and oxygen atoms in total. The highest BCUT2D eigenvalue weighted by atomic mass is 32.1. The first-order valence-corrected chi connectivity index (χ1v) is 7.99. The van der Waals surface area contributed by atoms with Gasteiger partial charge in [-0.3, -0.25) is 9.59 Å². The summed E-state index contributed by atoms with van der Waals surface area (Å²) in [5, 5.41) is 5.01. The number of hydrogen-bond acceptors (Lipinski definition) is 3. The van der Waals surface area contributed by atoms with Gasteiger partial charge in [-0.25, -0.2) is 0 Å². The highest BCUT2D eigenvalue weighted by molar-refractivity contribution is 7.09. The number of thiophene rings is 1. The van der Waals surface area contributed by atoms with Gasteiger partial charge in [-0.15, -0.1) is 11.3 Å². The molecule has 2 unspecified atom stereocenters. The molecule has 20 heavy (non-hydrogen) atoms. The van der Waals surface area contributed by atoms with Crippen molar-refractivity contribution < 1.29 is 9.59 Å². The minimum absolute atomic E-state index is 0.0331. The van der Waals surface area contributed by atoms with Crippen LogP contribution in [0.15, 0.2) is 17.5 Å². The molecule has 0 bridgehead atoms. The van der Waals surface area contributed by atoms with E-state index in [0.717, 1.165) is 11.3 Å². The lowest BCUT2D eigenvalue weighted by atomic mass is 9.97. The Morgan fingerprint density at radius 1 is 1.60 bits per heavy atom. The van der Waals surface area contributed by atoms with Crippen molar-refractivity contribution in [2.45, 2.75) is 58.2 Å². The first-order chi connectivity index (χ1) is 9.47. The Labute approximate surface area is 124 Å². The van der Waals surface area contributed by atoms with Gasteiger partial charge < -0.3 is 10.2 Å². The molecule has 1 aromatic heterocycles. The molecule has 0 radical (unpaired) electrons. The van der Waals surface area contributed by atoms with E-state index < -0.39 is 5.54 Å². The summed E-state index contributed by atoms with van der Waals surface area (Å²) in [5.41, 5.74) is -0.718. The summed E-state index contributed by atoms with van der Waals surface area (Å²) in [6, 6.07) is 4.11. The molecular weight excluding hydrogens is 272 g/mol. The molecular formula is C15H22N2O2S. The summed E-state index contributed by atoms with van der Waals surface area (Å²) < 4.78 is 0. The Morgan fingerprint density at radius 2 is 2.35 bits per heavy atom. The largest absolute Gasteiger partial charge is 0.352 e. The number of likely N-dealkylation sites (tertiary alicyclic amines) is 1. The van der Waals surface area contributed by atoms with Crippen LogP contribution < -0.4 is 5.32 Å². The number of carbonyl (C=O) groups excluding carboxylic acids is 2. The average molecular weight is 294 g/mol. The molecule has 2 amide bonds. The van der Waals surface area contributed by atoms with Crippen LogP contribution in [-0.4, -0.2) is 28.3 Å². The molecule has 110 valence electrons. The molecule has 1 aromatic rings. The molecule has 5 heteroatoms. The number of carbonyl (C=O) groups is 2. The maximum Gasteiger partial charge on any atom is 0.245 e. The first-order valence-electron chi connectivity index (χ1n) is 7.11. The summed E-state index contributed by atoms with van der Waals surface area (Å²) in [7, 11) is 0. The van der Waals surface area contributed by atoms with Crippen LogP contribution in [0.3, 0.4) is 0 Å². The van der Waals surface area contributed by atoms with E-state index >= 15 is 0 Å². The molecule has 1 N–H and O–H groups in total. The van der Waals surface area contributed by atoms with Crippen molar-refractivity contribution in [2.75, 3.05) is 0 Å². The highest BCUT2D eigenvalue weighted by Crippen LogP contribution is 2.32. The summed E-state index contributed by atoms with van der Waals surface area (Å²) in [4.78, 5) is 27.5. The molecule has 1 saturated heterocycles. The summed E-state index contributed by atoms with van der Waals surface area (Å²) >= 11 is 1.62. The average Bonchev–Trinajstić information content (AvgIpc) is 3.03. The maximum absolute atomic E-state index is 12.5. The lowest BCUT2D eigenvalue weighted by Gasteiger charge is -2.34. The minimum atomic E-state index is -0.718. The second-order valence-electron chi connectivity index (χ2n) is 5.62. The van der Waals surface area contributed by atoms with Crippen molar-refractivity contribution in [2.24, 2.45) is 0 Å². The Balaban J connectivity index is 2.15. The van der Waals surface area contributed by atoms with Crippen molar-refractivity contribution in [3.8, 4) is 0 Å². The highest BCUT2D eigenvalue weighted by Gasteiger charge is 2.47. The molecule has 0 aromatic carbocycles. The molecule has 0 spiro atoms. The van der Waals surface area contributed by atoms with E-state index in [0.29, 0.717) is 19.4 Å². The van der Waals surface area contributed by atoms with Gasteiger partial charge in [-0.2, -0.15) is 0 Å². The zero-order valence-corrected chi connectivity index (χ0v) is 13.1. The zero-order valence-electron chi connectivity index (χ0n) is 12.3. The van der Waals surface area contributed by atoms with Gasteiger partial charge in [-0.05, 0) is 38.1 Å². The second-order valence-corrected chi connectivity index (χ2v) is 6.65. The Kier molecular flexibility index (Phi) is 4.48. The first kappa shape index (κ1) is 15.0. The van der Waals surface area contributed by atoms with Crippen LogP contribution in [0.25, 0.3) is 0 Å². The molecule has 0 aliphatic carbocycles. The Hall–Kier alpha value is -1.36. The van der Waals surface area contributed by atoms with Gasteiger partial charge in [0.2, 0.25) is 11.8 Å². The molecule has 1 aliphatic heterocycles. The van der Waals surface area contributed by atoms with E-state index in [1.807, 2.05) is 38.3 Å². The SMILES string of the molecule is CCC(C)NC(=O)C1(C)CCC(=O)N1Cc1cccs1. The fourth-order valence-electron chi connectivity index (χ4n) is 2.43. The number of rotatable bonds is 5. The summed E-state index contributed by atoms with van der Waals surface area (Å²) in [6.45, 7) is 6.43. The molecule has 1 aliphatic rings. The van der Waals surface area contributed by atoms with Gasteiger partial charge in [0.1, 0.15) is 5.54 Å². The van der Waals surface area contributed by atoms with Crippen LogP contribution in [0, 0.1) is 0 Å². The second kappa shape index (κ2) is 5.95. The van der Waals surface area contributed by atoms with Gasteiger partial charge >= 0.3 is 0 Å². The predicted molar refractivity (Wildman–Crippen MR) is 80.4 cm³/mol. The Morgan fingerprint density at radius 3 is 2.95 bits per heavy atom. The minimum Gasteiger partial charge on any atom is -0.352 e. The zero-order chi connectivity index (χ0) is 14.8. The van der Waals surface area contributed by atoms with Crippen molar-refractivity contribution >= 4 is 23.2 Å². The number of nitrogens with zero attached hydrogens (tertiary/aromatic N) is 1. The van der Waals surface area contributed by atoms with E-state index in [1.54, 1.807) is 16.2 Å². The van der Waals surface area contributed by atoms with Gasteiger partial charge in [0.05, 0.1) is 6.54 Å². The third-order valence-electron chi connectivity index (χ3n) is 4.10. The van der Waals surface area contributed by atoms with Crippen LogP contribution in [0.4, 0.5) is 0 Å². The van der Waals surface area contributed by atoms with Crippen LogP contribution in [0.1, 0.15) is 44.9 Å². The number of amides is 2. The topological polar surface area (TPSA) is 49.4 Å². The standard InChI is InChI=1S/C15H22N2O2S/c1-4-11(2)16-14(19)15(3)8-7-13(18)17(15)10-12-6-5-9-20-12/h5-6,9,11H,4,7-8,10H2,1-3H3,(H,16,19). The van der Waals surface area contributed by atoms with E-state index in [-0.39, 0.29) is 17.9 Å². The fourth-order valence-corrected chi connectivity index (χ4v) is 3.13. The summed E-state index contributed by atoms with van der Waals surface area (Å²) in [5.74, 6) is 0.0365. The van der Waals surface area contributed by atoms with Crippen LogP contribution in [0.2, 0.25) is 0 Å². The van der Waals surface area contributed by atoms with Crippen molar-refractivity contribution in [3.63, 3.8) is 0 Å². The quantitative estimate of drug-likeness (QED) is 0.907. The van der Waals surface area contributed by atoms with E-state index in [2.05, 4.69) is 5.32 Å². The van der Waals surface area contributed by atoms with Gasteiger partial charge in [0.15, 0.2) is 0 Å². The van der Waals surface area contributed by atoms with Crippen molar-refractivity contribution in [1.82, 2.24) is 10.2 Å². The number of hydrogen-bond donors (Lipinski definition) is 1. The van der Waals surface area contributed by atoms with E-state index in [9.17, 15) is 9.59 Å². The molecule has 2 atom stereocenters. The molecule has 2 rings (SSSR count). The third kappa shape index (κ3) is 2.87. The lowest BCUT2D eigenvalue weighted by Crippen LogP contribution is -2.55. The fraction of sp³-hybridized carbons (Fsp3) is 0.600. The van der Waals surface area contributed by atoms with Gasteiger partial charge in [0.25, 0.3) is 0 Å². The van der Waals surface area contributed by atoms with Crippen molar-refractivity contribution in [1.29, 1.82) is 0 Å². The molecule has 0 saturated carbocycles. The molecule has 2 heterocycles. The monoisotopic (exact) mass is 294 g/mol.